The van der Waals surface area contributed by atoms with Crippen molar-refractivity contribution in [3.05, 3.63) is 17.5 Å². The van der Waals surface area contributed by atoms with E-state index < -0.39 is 0 Å². The van der Waals surface area contributed by atoms with Gasteiger partial charge in [0.1, 0.15) is 0 Å². The lowest BCUT2D eigenvalue weighted by Crippen LogP contribution is -2.42. The molecule has 8 heteroatoms. The summed E-state index contributed by atoms with van der Waals surface area (Å²) in [6.45, 7) is 5.72. The molecule has 1 saturated heterocycles. The van der Waals surface area contributed by atoms with E-state index in [0.717, 1.165) is 44.5 Å². The minimum atomic E-state index is 0. The topological polar surface area (TPSA) is 62.2 Å². The van der Waals surface area contributed by atoms with Gasteiger partial charge in [-0.25, -0.2) is 0 Å². The highest BCUT2D eigenvalue weighted by Crippen LogP contribution is 2.48. The lowest BCUT2D eigenvalue weighted by molar-refractivity contribution is -0.123. The maximum Gasteiger partial charge on any atom is 0.224 e. The molecule has 2 saturated carbocycles. The Morgan fingerprint density at radius 3 is 2.63 bits per heavy atom. The summed E-state index contributed by atoms with van der Waals surface area (Å²) >= 11 is 0. The van der Waals surface area contributed by atoms with E-state index in [9.17, 15) is 4.79 Å². The molecule has 2 aliphatic heterocycles. The van der Waals surface area contributed by atoms with Crippen molar-refractivity contribution in [1.29, 1.82) is 0 Å². The summed E-state index contributed by atoms with van der Waals surface area (Å²) in [5, 5.41) is 11.2. The van der Waals surface area contributed by atoms with Crippen molar-refractivity contribution < 1.29 is 4.79 Å². The molecule has 2 N–H and O–H groups in total. The first-order chi connectivity index (χ1) is 12.3. The first kappa shape index (κ1) is 20.9. The molecule has 1 unspecified atom stereocenters. The Labute approximate surface area is 173 Å². The molecule has 6 nitrogen and oxygen atoms in total. The summed E-state index contributed by atoms with van der Waals surface area (Å²) in [6.07, 6.45) is 6.89. The van der Waals surface area contributed by atoms with Crippen LogP contribution in [-0.2, 0) is 24.4 Å². The Kier molecular flexibility index (Phi) is 6.72. The highest BCUT2D eigenvalue weighted by Gasteiger charge is 2.56. The number of nitrogens with one attached hydrogen (secondary N) is 2. The van der Waals surface area contributed by atoms with Gasteiger partial charge in [-0.3, -0.25) is 14.4 Å². The first-order valence-electron chi connectivity index (χ1n) is 10.1. The van der Waals surface area contributed by atoms with Crippen molar-refractivity contribution >= 4 is 30.7 Å². The van der Waals surface area contributed by atoms with E-state index in [0.29, 0.717) is 18.4 Å². The van der Waals surface area contributed by atoms with Crippen LogP contribution >= 0.6 is 24.8 Å². The third-order valence-electron chi connectivity index (χ3n) is 6.81. The molecule has 2 aliphatic carbocycles. The number of piperidine rings is 1. The first-order valence-corrected chi connectivity index (χ1v) is 10.1. The normalized spacial score (nSPS) is 29.9. The van der Waals surface area contributed by atoms with Crippen molar-refractivity contribution in [2.75, 3.05) is 19.6 Å². The third-order valence-corrected chi connectivity index (χ3v) is 6.81. The van der Waals surface area contributed by atoms with E-state index in [1.54, 1.807) is 0 Å². The lowest BCUT2D eigenvalue weighted by Gasteiger charge is -2.36. The minimum Gasteiger partial charge on any atom is -0.350 e. The number of amides is 1. The molecule has 3 fully saturated rings. The molecule has 0 aromatic carbocycles. The van der Waals surface area contributed by atoms with Crippen LogP contribution in [0.5, 0.6) is 0 Å². The second kappa shape index (κ2) is 8.68. The van der Waals surface area contributed by atoms with Crippen LogP contribution in [0.4, 0.5) is 0 Å². The van der Waals surface area contributed by atoms with E-state index >= 15 is 0 Å². The number of fused-ring (bicyclic) bond motifs is 2. The second-order valence-corrected chi connectivity index (χ2v) is 8.34. The van der Waals surface area contributed by atoms with Crippen molar-refractivity contribution in [3.63, 3.8) is 0 Å². The molecule has 1 aromatic heterocycles. The number of carbonyl (C=O) groups excluding carboxylic acids is 1. The van der Waals surface area contributed by atoms with E-state index in [4.69, 9.17) is 5.10 Å². The quantitative estimate of drug-likeness (QED) is 0.788. The second-order valence-electron chi connectivity index (χ2n) is 8.34. The molecular weight excluding hydrogens is 385 g/mol. The van der Waals surface area contributed by atoms with Crippen molar-refractivity contribution in [2.45, 2.75) is 57.8 Å². The van der Waals surface area contributed by atoms with Crippen LogP contribution in [-0.4, -0.2) is 46.3 Å². The van der Waals surface area contributed by atoms with Gasteiger partial charge in [-0.15, -0.1) is 24.8 Å². The molecule has 4 aliphatic rings. The molecule has 152 valence electrons. The van der Waals surface area contributed by atoms with E-state index in [2.05, 4.69) is 26.3 Å². The predicted octanol–water partition coefficient (Wildman–Crippen LogP) is 1.96. The average Bonchev–Trinajstić information content (AvgIpc) is 3.00. The highest BCUT2D eigenvalue weighted by atomic mass is 35.5. The van der Waals surface area contributed by atoms with Crippen LogP contribution in [0.25, 0.3) is 0 Å². The fourth-order valence-corrected chi connectivity index (χ4v) is 5.29. The maximum atomic E-state index is 12.3. The monoisotopic (exact) mass is 415 g/mol. The molecule has 3 atom stereocenters. The third kappa shape index (κ3) is 4.14. The summed E-state index contributed by atoms with van der Waals surface area (Å²) in [7, 11) is 0. The summed E-state index contributed by atoms with van der Waals surface area (Å²) in [5.74, 6) is 1.64. The van der Waals surface area contributed by atoms with Crippen LogP contribution in [0.2, 0.25) is 0 Å². The molecule has 27 heavy (non-hydrogen) atoms. The molecule has 1 amide bonds. The van der Waals surface area contributed by atoms with Gasteiger partial charge in [-0.1, -0.05) is 19.3 Å². The number of hydrogen-bond donors (Lipinski definition) is 2. The Hall–Kier alpha value is -0.820. The summed E-state index contributed by atoms with van der Waals surface area (Å²) < 4.78 is 2.15. The molecule has 1 aromatic rings. The molecule has 5 rings (SSSR count). The van der Waals surface area contributed by atoms with Crippen molar-refractivity contribution in [1.82, 2.24) is 25.3 Å². The largest absolute Gasteiger partial charge is 0.350 e. The Balaban J connectivity index is 0.00000105. The van der Waals surface area contributed by atoms with Crippen LogP contribution in [0.15, 0.2) is 6.07 Å². The van der Waals surface area contributed by atoms with Gasteiger partial charge in [0.15, 0.2) is 0 Å². The zero-order valence-corrected chi connectivity index (χ0v) is 17.4. The van der Waals surface area contributed by atoms with Gasteiger partial charge in [0.25, 0.3) is 0 Å². The Morgan fingerprint density at radius 1 is 1.15 bits per heavy atom. The van der Waals surface area contributed by atoms with Gasteiger partial charge >= 0.3 is 0 Å². The molecule has 0 spiro atoms. The zero-order valence-electron chi connectivity index (χ0n) is 15.7. The van der Waals surface area contributed by atoms with E-state index in [1.165, 1.54) is 37.8 Å². The Morgan fingerprint density at radius 2 is 1.89 bits per heavy atom. The van der Waals surface area contributed by atoms with Crippen molar-refractivity contribution in [3.8, 4) is 0 Å². The number of rotatable bonds is 4. The summed E-state index contributed by atoms with van der Waals surface area (Å²) in [5.41, 5.74) is 2.33. The Bertz CT molecular complexity index is 651. The number of halogens is 2. The minimum absolute atomic E-state index is 0. The van der Waals surface area contributed by atoms with Crippen molar-refractivity contribution in [2.24, 2.45) is 17.8 Å². The van der Waals surface area contributed by atoms with Crippen LogP contribution in [0, 0.1) is 17.8 Å². The fraction of sp³-hybridized carbons (Fsp3) is 0.789. The van der Waals surface area contributed by atoms with Crippen LogP contribution < -0.4 is 10.6 Å². The van der Waals surface area contributed by atoms with Gasteiger partial charge in [0, 0.05) is 25.0 Å². The van der Waals surface area contributed by atoms with E-state index in [1.807, 2.05) is 0 Å². The van der Waals surface area contributed by atoms with E-state index in [-0.39, 0.29) is 36.6 Å². The fourth-order valence-electron chi connectivity index (χ4n) is 5.29. The highest BCUT2D eigenvalue weighted by molar-refractivity contribution is 5.85. The predicted molar refractivity (Wildman–Crippen MR) is 109 cm³/mol. The molecule has 0 radical (unpaired) electrons. The van der Waals surface area contributed by atoms with Gasteiger partial charge in [0.2, 0.25) is 5.91 Å². The van der Waals surface area contributed by atoms with Gasteiger partial charge in [-0.05, 0) is 43.8 Å². The lowest BCUT2D eigenvalue weighted by atomic mass is 9.94. The number of aromatic nitrogens is 2. The summed E-state index contributed by atoms with van der Waals surface area (Å²) in [4.78, 5) is 15.0. The smallest absolute Gasteiger partial charge is 0.224 e. The number of nitrogens with zero attached hydrogens (tertiary/aromatic N) is 3. The SMILES string of the molecule is Cl.Cl.O=C(NCc1cc2n(n1)CCN(C1CCCCC1)C2)C1[C@H]2CNC[C@@H]12. The number of carbonyl (C=O) groups is 1. The average molecular weight is 416 g/mol. The standard InChI is InChI=1S/C19H29N5O.2ClH/c25-19(18-16-10-20-11-17(16)18)21-9-13-8-15-12-23(6-7-24(15)22-13)14-4-2-1-3-5-14;;/h8,14,16-18,20H,1-7,9-12H2,(H,21,25);2*1H/t16-,17+,18?;;. The maximum absolute atomic E-state index is 12.3. The van der Waals surface area contributed by atoms with Gasteiger partial charge in [0.05, 0.1) is 24.5 Å². The number of hydrogen-bond acceptors (Lipinski definition) is 4. The van der Waals surface area contributed by atoms with Crippen LogP contribution in [0.3, 0.4) is 0 Å². The van der Waals surface area contributed by atoms with Crippen LogP contribution in [0.1, 0.15) is 43.5 Å². The molecular formula is C19H31Cl2N5O. The van der Waals surface area contributed by atoms with Gasteiger partial charge in [-0.2, -0.15) is 5.10 Å². The summed E-state index contributed by atoms with van der Waals surface area (Å²) in [6, 6.07) is 2.97. The molecule has 3 heterocycles. The van der Waals surface area contributed by atoms with Gasteiger partial charge < -0.3 is 10.6 Å². The zero-order chi connectivity index (χ0) is 16.8. The molecule has 0 bridgehead atoms.